The summed E-state index contributed by atoms with van der Waals surface area (Å²) in [6.45, 7) is 4.79. The van der Waals surface area contributed by atoms with Gasteiger partial charge in [-0.05, 0) is 51.5 Å². The SMILES string of the molecule is Cc1ccc(S(=O)(=O)N=C2NC(=O)N3C2=C(SCCCCC(F)(F)C(F)(F)F)SC(C)C3(C)O)cc1. The molecule has 1 aromatic carbocycles. The van der Waals surface area contributed by atoms with Crippen molar-refractivity contribution in [3.8, 4) is 0 Å². The van der Waals surface area contributed by atoms with Crippen molar-refractivity contribution < 1.29 is 40.3 Å². The summed E-state index contributed by atoms with van der Waals surface area (Å²) in [5.41, 5.74) is -0.882. The van der Waals surface area contributed by atoms with Crippen LogP contribution in [0.15, 0.2) is 43.5 Å². The fourth-order valence-electron chi connectivity index (χ4n) is 3.36. The molecule has 0 aliphatic carbocycles. The van der Waals surface area contributed by atoms with E-state index < -0.39 is 52.0 Å². The number of nitrogens with one attached hydrogen (secondary N) is 1. The topological polar surface area (TPSA) is 99.1 Å². The second kappa shape index (κ2) is 10.1. The number of rotatable bonds is 8. The number of carbonyl (C=O) groups is 1. The van der Waals surface area contributed by atoms with Crippen molar-refractivity contribution >= 4 is 45.4 Å². The maximum Gasteiger partial charge on any atom is 0.453 e. The largest absolute Gasteiger partial charge is 0.453 e. The molecule has 0 aromatic heterocycles. The molecular weight excluding hydrogens is 549 g/mol. The highest BCUT2D eigenvalue weighted by molar-refractivity contribution is 8.22. The number of hydrogen-bond donors (Lipinski definition) is 2. The number of hydrogen-bond acceptors (Lipinski definition) is 6. The quantitative estimate of drug-likeness (QED) is 0.327. The molecule has 15 heteroatoms. The Morgan fingerprint density at radius 1 is 1.19 bits per heavy atom. The Morgan fingerprint density at radius 3 is 2.39 bits per heavy atom. The molecule has 1 aromatic rings. The first-order valence-corrected chi connectivity index (χ1v) is 14.0. The van der Waals surface area contributed by atoms with Gasteiger partial charge in [0, 0.05) is 6.42 Å². The van der Waals surface area contributed by atoms with E-state index >= 15 is 0 Å². The molecule has 0 radical (unpaired) electrons. The minimum absolute atomic E-state index is 0.00790. The minimum Gasteiger partial charge on any atom is -0.369 e. The maximum atomic E-state index is 13.1. The van der Waals surface area contributed by atoms with Gasteiger partial charge in [-0.15, -0.1) is 27.9 Å². The summed E-state index contributed by atoms with van der Waals surface area (Å²) in [7, 11) is -4.25. The van der Waals surface area contributed by atoms with Gasteiger partial charge in [-0.3, -0.25) is 10.2 Å². The molecule has 2 N–H and O–H groups in total. The van der Waals surface area contributed by atoms with Crippen LogP contribution in [0.5, 0.6) is 0 Å². The van der Waals surface area contributed by atoms with Crippen LogP contribution in [0.25, 0.3) is 0 Å². The summed E-state index contributed by atoms with van der Waals surface area (Å²) in [4.78, 5) is 13.6. The first-order chi connectivity index (χ1) is 16.5. The zero-order valence-corrected chi connectivity index (χ0v) is 21.8. The number of aliphatic hydroxyl groups is 1. The number of aryl methyl sites for hydroxylation is 1. The predicted octanol–water partition coefficient (Wildman–Crippen LogP) is 5.22. The van der Waals surface area contributed by atoms with Crippen LogP contribution in [-0.2, 0) is 10.0 Å². The lowest BCUT2D eigenvalue weighted by atomic mass is 10.1. The number of unbranched alkanes of at least 4 members (excludes halogenated alkanes) is 1. The molecule has 2 aliphatic rings. The molecule has 1 saturated heterocycles. The molecule has 200 valence electrons. The van der Waals surface area contributed by atoms with Crippen molar-refractivity contribution in [3.05, 3.63) is 39.8 Å². The molecule has 0 saturated carbocycles. The van der Waals surface area contributed by atoms with Crippen LogP contribution >= 0.6 is 23.5 Å². The van der Waals surface area contributed by atoms with Crippen LogP contribution in [0.1, 0.15) is 38.7 Å². The summed E-state index contributed by atoms with van der Waals surface area (Å²) in [5, 5.41) is 12.7. The second-order valence-electron chi connectivity index (χ2n) is 8.49. The number of urea groups is 1. The van der Waals surface area contributed by atoms with E-state index in [4.69, 9.17) is 0 Å². The lowest BCUT2D eigenvalue weighted by molar-refractivity contribution is -0.284. The summed E-state index contributed by atoms with van der Waals surface area (Å²) < 4.78 is 93.3. The Kier molecular flexibility index (Phi) is 8.09. The highest BCUT2D eigenvalue weighted by atomic mass is 32.2. The van der Waals surface area contributed by atoms with Crippen molar-refractivity contribution in [2.24, 2.45) is 4.40 Å². The molecule has 7 nitrogen and oxygen atoms in total. The number of sulfonamides is 1. The van der Waals surface area contributed by atoms with Crippen molar-refractivity contribution in [3.63, 3.8) is 0 Å². The summed E-state index contributed by atoms with van der Waals surface area (Å²) in [6.07, 6.45) is -7.36. The Balaban J connectivity index is 1.88. The number of fused-ring (bicyclic) bond motifs is 1. The van der Waals surface area contributed by atoms with Gasteiger partial charge in [0.15, 0.2) is 11.6 Å². The smallest absolute Gasteiger partial charge is 0.369 e. The van der Waals surface area contributed by atoms with Gasteiger partial charge in [-0.25, -0.2) is 4.79 Å². The molecule has 2 unspecified atom stereocenters. The van der Waals surface area contributed by atoms with Crippen molar-refractivity contribution in [1.29, 1.82) is 0 Å². The fourth-order valence-corrected chi connectivity index (χ4v) is 7.08. The maximum absolute atomic E-state index is 13.1. The van der Waals surface area contributed by atoms with Crippen LogP contribution in [-0.4, -0.2) is 59.1 Å². The molecule has 0 spiro atoms. The van der Waals surface area contributed by atoms with E-state index in [1.165, 1.54) is 19.1 Å². The average Bonchev–Trinajstić information content (AvgIpc) is 3.07. The number of halogens is 5. The van der Waals surface area contributed by atoms with Crippen LogP contribution < -0.4 is 5.32 Å². The third kappa shape index (κ3) is 5.83. The molecule has 2 aliphatic heterocycles. The van der Waals surface area contributed by atoms with Gasteiger partial charge in [0.2, 0.25) is 0 Å². The number of thioether (sulfide) groups is 2. The molecule has 1 fully saturated rings. The first kappa shape index (κ1) is 28.7. The van der Waals surface area contributed by atoms with Crippen molar-refractivity contribution in [2.45, 2.75) is 68.0 Å². The van der Waals surface area contributed by atoms with E-state index in [1.54, 1.807) is 26.0 Å². The fraction of sp³-hybridized carbons (Fsp3) is 0.524. The summed E-state index contributed by atoms with van der Waals surface area (Å²) in [6, 6.07) is 5.08. The number of amides is 2. The van der Waals surface area contributed by atoms with Gasteiger partial charge in [0.25, 0.3) is 10.0 Å². The van der Waals surface area contributed by atoms with Gasteiger partial charge in [-0.2, -0.15) is 30.4 Å². The van der Waals surface area contributed by atoms with E-state index in [0.29, 0.717) is 4.24 Å². The predicted molar refractivity (Wildman–Crippen MR) is 128 cm³/mol. The van der Waals surface area contributed by atoms with E-state index in [1.807, 2.05) is 0 Å². The molecular formula is C21H24F5N3O4S3. The number of carbonyl (C=O) groups excluding carboxylic acids is 1. The van der Waals surface area contributed by atoms with Gasteiger partial charge < -0.3 is 5.11 Å². The average molecular weight is 574 g/mol. The van der Waals surface area contributed by atoms with Gasteiger partial charge >= 0.3 is 18.1 Å². The van der Waals surface area contributed by atoms with Gasteiger partial charge in [-0.1, -0.05) is 17.7 Å². The van der Waals surface area contributed by atoms with Crippen LogP contribution in [0.4, 0.5) is 26.7 Å². The molecule has 0 bridgehead atoms. The zero-order valence-electron chi connectivity index (χ0n) is 19.4. The Bertz CT molecular complexity index is 1180. The van der Waals surface area contributed by atoms with Gasteiger partial charge in [0.1, 0.15) is 5.70 Å². The number of nitrogens with zero attached hydrogens (tertiary/aromatic N) is 2. The summed E-state index contributed by atoms with van der Waals surface area (Å²) >= 11 is 2.18. The number of amidine groups is 1. The minimum atomic E-state index is -5.62. The molecule has 36 heavy (non-hydrogen) atoms. The third-order valence-corrected chi connectivity index (χ3v) is 9.73. The number of alkyl halides is 5. The van der Waals surface area contributed by atoms with Crippen molar-refractivity contribution in [1.82, 2.24) is 10.2 Å². The van der Waals surface area contributed by atoms with Gasteiger partial charge in [0.05, 0.1) is 14.4 Å². The molecule has 3 rings (SSSR count). The lowest BCUT2D eigenvalue weighted by Gasteiger charge is -2.42. The number of benzene rings is 1. The standard InChI is InChI=1S/C21H24F5N3O4S3/c1-12-6-8-14(9-7-12)36(32,33)28-16-15-17(34-11-5-4-10-20(22,23)21(24,25)26)35-13(2)19(3,31)29(15)18(30)27-16/h6-9,13,31H,4-5,10-11H2,1-3H3,(H,27,28,30). The second-order valence-corrected chi connectivity index (χ2v) is 12.8. The molecule has 2 heterocycles. The van der Waals surface area contributed by atoms with E-state index in [0.717, 1.165) is 34.0 Å². The van der Waals surface area contributed by atoms with E-state index in [-0.39, 0.29) is 28.6 Å². The van der Waals surface area contributed by atoms with Crippen LogP contribution in [0, 0.1) is 6.92 Å². The molecule has 2 amide bonds. The normalized spacial score (nSPS) is 24.4. The van der Waals surface area contributed by atoms with Crippen LogP contribution in [0.2, 0.25) is 0 Å². The monoisotopic (exact) mass is 573 g/mol. The third-order valence-electron chi connectivity index (χ3n) is 5.64. The highest BCUT2D eigenvalue weighted by Crippen LogP contribution is 2.48. The zero-order chi connectivity index (χ0) is 27.1. The van der Waals surface area contributed by atoms with E-state index in [2.05, 4.69) is 9.71 Å². The first-order valence-electron chi connectivity index (χ1n) is 10.7. The lowest BCUT2D eigenvalue weighted by Crippen LogP contribution is -2.55. The van der Waals surface area contributed by atoms with Crippen molar-refractivity contribution in [2.75, 3.05) is 5.75 Å². The van der Waals surface area contributed by atoms with Crippen LogP contribution in [0.3, 0.4) is 0 Å². The molecule has 2 atom stereocenters. The van der Waals surface area contributed by atoms with E-state index in [9.17, 15) is 40.3 Å². The summed E-state index contributed by atoms with van der Waals surface area (Å²) in [5.74, 6) is -4.98. The highest BCUT2D eigenvalue weighted by Gasteiger charge is 2.56. The Labute approximate surface area is 213 Å². The Morgan fingerprint density at radius 2 is 1.81 bits per heavy atom. The Hall–Kier alpha value is -1.84.